The number of nitrogens with zero attached hydrogens (tertiary/aromatic N) is 2. The summed E-state index contributed by atoms with van der Waals surface area (Å²) >= 11 is 9.84. The van der Waals surface area contributed by atoms with Crippen LogP contribution in [0.3, 0.4) is 0 Å². The smallest absolute Gasteiger partial charge is 0.260 e. The Morgan fingerprint density at radius 3 is 1.85 bits per heavy atom. The summed E-state index contributed by atoms with van der Waals surface area (Å²) in [6.07, 6.45) is 3.78. The molecule has 0 saturated heterocycles. The van der Waals surface area contributed by atoms with Crippen LogP contribution < -0.4 is 11.1 Å². The first-order valence-electron chi connectivity index (χ1n) is 8.20. The lowest BCUT2D eigenvalue weighted by Gasteiger charge is -1.88. The van der Waals surface area contributed by atoms with Crippen LogP contribution in [0.2, 0.25) is 0 Å². The van der Waals surface area contributed by atoms with E-state index in [4.69, 9.17) is 0 Å². The van der Waals surface area contributed by atoms with Crippen molar-refractivity contribution in [1.29, 1.82) is 0 Å². The molecule has 0 atom stereocenters. The zero-order chi connectivity index (χ0) is 20.1. The number of hydrogen-bond acceptors (Lipinski definition) is 6. The van der Waals surface area contributed by atoms with Crippen molar-refractivity contribution in [2.75, 3.05) is 0 Å². The van der Waals surface area contributed by atoms with Crippen LogP contribution in [0.15, 0.2) is 31.2 Å². The largest absolute Gasteiger partial charge is 0.313 e. The molecular formula is C17H18Br2N4O2S2. The lowest BCUT2D eigenvalue weighted by Crippen LogP contribution is -2.04. The summed E-state index contributed by atoms with van der Waals surface area (Å²) in [5, 5.41) is 1.32. The van der Waals surface area contributed by atoms with Crippen molar-refractivity contribution in [1.82, 2.24) is 19.9 Å². The van der Waals surface area contributed by atoms with Crippen molar-refractivity contribution in [2.45, 2.75) is 34.1 Å². The van der Waals surface area contributed by atoms with Gasteiger partial charge in [0.1, 0.15) is 9.66 Å². The van der Waals surface area contributed by atoms with Gasteiger partial charge in [0.15, 0.2) is 0 Å². The molecule has 10 heteroatoms. The van der Waals surface area contributed by atoms with Crippen molar-refractivity contribution < 1.29 is 0 Å². The average molecular weight is 534 g/mol. The average Bonchev–Trinajstić information content (AvgIpc) is 3.15. The summed E-state index contributed by atoms with van der Waals surface area (Å²) in [7, 11) is 0. The molecular weight excluding hydrogens is 516 g/mol. The Labute approximate surface area is 180 Å². The zero-order valence-corrected chi connectivity index (χ0v) is 20.0. The second kappa shape index (κ2) is 9.72. The first kappa shape index (κ1) is 21.9. The van der Waals surface area contributed by atoms with Gasteiger partial charge in [-0.2, -0.15) is 0 Å². The normalized spacial score (nSPS) is 10.3. The number of halogens is 2. The lowest BCUT2D eigenvalue weighted by molar-refractivity contribution is 1.17. The molecule has 4 aromatic heterocycles. The number of aryl methyl sites for hydroxylation is 2. The van der Waals surface area contributed by atoms with Crippen LogP contribution in [0.5, 0.6) is 0 Å². The molecule has 0 saturated carbocycles. The molecule has 4 heterocycles. The first-order chi connectivity index (χ1) is 12.9. The van der Waals surface area contributed by atoms with Crippen molar-refractivity contribution in [3.05, 3.63) is 52.1 Å². The molecule has 27 heavy (non-hydrogen) atoms. The van der Waals surface area contributed by atoms with E-state index in [0.29, 0.717) is 10.8 Å². The maximum absolute atomic E-state index is 11.4. The molecule has 144 valence electrons. The molecule has 0 radical (unpaired) electrons. The topological polar surface area (TPSA) is 91.5 Å². The Hall–Kier alpha value is -1.36. The van der Waals surface area contributed by atoms with Crippen LogP contribution in [-0.2, 0) is 6.42 Å². The van der Waals surface area contributed by atoms with Crippen LogP contribution in [0.4, 0.5) is 0 Å². The second-order valence-corrected chi connectivity index (χ2v) is 8.86. The molecule has 0 fully saturated rings. The van der Waals surface area contributed by atoms with Gasteiger partial charge in [-0.1, -0.05) is 20.8 Å². The standard InChI is InChI=1S/C8H7BrN2OS.C7H5BrN2OS.C2H6/c1-2-4-6(9)5-7(12)10-3-11-8(5)13-4;1-3-5(8)4-6(11)9-2-10-7(4)12-3;1-2/h3H,2H2,1H3,(H,10,11,12);2H,1H3,(H,9,10,11);1-2H3. The number of fused-ring (bicyclic) bond motifs is 2. The van der Waals surface area contributed by atoms with Crippen molar-refractivity contribution >= 4 is 75.0 Å². The number of aromatic nitrogens is 4. The minimum atomic E-state index is -0.0868. The summed E-state index contributed by atoms with van der Waals surface area (Å²) in [5.41, 5.74) is -0.163. The summed E-state index contributed by atoms with van der Waals surface area (Å²) in [4.78, 5) is 39.8. The van der Waals surface area contributed by atoms with Gasteiger partial charge in [0.2, 0.25) is 0 Å². The number of thiophene rings is 2. The molecule has 0 aliphatic carbocycles. The van der Waals surface area contributed by atoms with E-state index in [1.54, 1.807) is 11.3 Å². The van der Waals surface area contributed by atoms with Crippen LogP contribution >= 0.6 is 54.5 Å². The fourth-order valence-corrected chi connectivity index (χ4v) is 5.82. The van der Waals surface area contributed by atoms with Gasteiger partial charge in [-0.15, -0.1) is 22.7 Å². The van der Waals surface area contributed by atoms with Gasteiger partial charge >= 0.3 is 0 Å². The Morgan fingerprint density at radius 2 is 1.41 bits per heavy atom. The van der Waals surface area contributed by atoms with Gasteiger partial charge in [0.05, 0.1) is 23.4 Å². The zero-order valence-electron chi connectivity index (χ0n) is 15.1. The van der Waals surface area contributed by atoms with E-state index >= 15 is 0 Å². The molecule has 0 spiro atoms. The highest BCUT2D eigenvalue weighted by Gasteiger charge is 2.12. The van der Waals surface area contributed by atoms with Gasteiger partial charge in [-0.25, -0.2) is 9.97 Å². The summed E-state index contributed by atoms with van der Waals surface area (Å²) < 4.78 is 1.75. The third-order valence-corrected chi connectivity index (χ3v) is 8.07. The molecule has 0 aromatic carbocycles. The fraction of sp³-hybridized carbons (Fsp3) is 0.294. The third-order valence-electron chi connectivity index (χ3n) is 3.42. The minimum Gasteiger partial charge on any atom is -0.313 e. The highest BCUT2D eigenvalue weighted by Crippen LogP contribution is 2.32. The van der Waals surface area contributed by atoms with Crippen molar-refractivity contribution in [3.8, 4) is 0 Å². The highest BCUT2D eigenvalue weighted by molar-refractivity contribution is 9.11. The molecule has 4 rings (SSSR count). The third kappa shape index (κ3) is 4.56. The van der Waals surface area contributed by atoms with Gasteiger partial charge in [-0.05, 0) is 45.2 Å². The molecule has 2 N–H and O–H groups in total. The van der Waals surface area contributed by atoms with Gasteiger partial charge < -0.3 is 9.97 Å². The van der Waals surface area contributed by atoms with Crippen molar-refractivity contribution in [3.63, 3.8) is 0 Å². The summed E-state index contributed by atoms with van der Waals surface area (Å²) in [6.45, 7) is 8.01. The number of rotatable bonds is 1. The molecule has 0 bridgehead atoms. The SMILES string of the molecule is CC.CCc1sc2nc[nH]c(=O)c2c1Br.Cc1sc2nc[nH]c(=O)c2c1Br. The van der Waals surface area contributed by atoms with E-state index in [1.165, 1.54) is 28.9 Å². The fourth-order valence-electron chi connectivity index (χ4n) is 2.20. The Balaban J connectivity index is 0.000000178. The quantitative estimate of drug-likeness (QED) is 0.343. The molecule has 6 nitrogen and oxygen atoms in total. The van der Waals surface area contributed by atoms with E-state index in [9.17, 15) is 9.59 Å². The predicted molar refractivity (Wildman–Crippen MR) is 121 cm³/mol. The highest BCUT2D eigenvalue weighted by atomic mass is 79.9. The van der Waals surface area contributed by atoms with E-state index in [0.717, 1.165) is 29.9 Å². The van der Waals surface area contributed by atoms with Crippen LogP contribution in [0, 0.1) is 6.92 Å². The molecule has 0 unspecified atom stereocenters. The van der Waals surface area contributed by atoms with Gasteiger partial charge in [0, 0.05) is 18.7 Å². The molecule has 4 aromatic rings. The van der Waals surface area contributed by atoms with E-state index in [-0.39, 0.29) is 11.1 Å². The van der Waals surface area contributed by atoms with Crippen molar-refractivity contribution in [2.24, 2.45) is 0 Å². The second-order valence-electron chi connectivity index (χ2n) is 4.99. The van der Waals surface area contributed by atoms with Crippen LogP contribution in [0.1, 0.15) is 30.5 Å². The number of H-pyrrole nitrogens is 2. The maximum Gasteiger partial charge on any atom is 0.260 e. The monoisotopic (exact) mass is 532 g/mol. The Bertz CT molecular complexity index is 1180. The van der Waals surface area contributed by atoms with E-state index in [1.807, 2.05) is 20.8 Å². The van der Waals surface area contributed by atoms with E-state index < -0.39 is 0 Å². The Kier molecular flexibility index (Phi) is 7.90. The minimum absolute atomic E-state index is 0.0761. The summed E-state index contributed by atoms with van der Waals surface area (Å²) in [6, 6.07) is 0. The van der Waals surface area contributed by atoms with Crippen LogP contribution in [0.25, 0.3) is 20.4 Å². The molecule has 0 aliphatic heterocycles. The van der Waals surface area contributed by atoms with Gasteiger partial charge in [0.25, 0.3) is 11.1 Å². The first-order valence-corrected chi connectivity index (χ1v) is 11.4. The Morgan fingerprint density at radius 1 is 0.926 bits per heavy atom. The lowest BCUT2D eigenvalue weighted by atomic mass is 10.3. The maximum atomic E-state index is 11.4. The number of hydrogen-bond donors (Lipinski definition) is 2. The number of aromatic amines is 2. The van der Waals surface area contributed by atoms with Gasteiger partial charge in [-0.3, -0.25) is 9.59 Å². The molecule has 0 amide bonds. The summed E-state index contributed by atoms with van der Waals surface area (Å²) in [5.74, 6) is 0. The van der Waals surface area contributed by atoms with Crippen LogP contribution in [-0.4, -0.2) is 19.9 Å². The predicted octanol–water partition coefficient (Wildman–Crippen LogP) is 5.39. The van der Waals surface area contributed by atoms with E-state index in [2.05, 4.69) is 58.7 Å². The number of nitrogens with one attached hydrogen (secondary N) is 2. The molecule has 0 aliphatic rings.